The molecule has 0 aromatic heterocycles. The van der Waals surface area contributed by atoms with E-state index in [1.54, 1.807) is 7.05 Å². The molecule has 28 heavy (non-hydrogen) atoms. The Morgan fingerprint density at radius 1 is 1.14 bits per heavy atom. The number of nitrogens with zero attached hydrogens (tertiary/aromatic N) is 1. The average Bonchev–Trinajstić information content (AvgIpc) is 2.45. The molecule has 1 aromatic carbocycles. The minimum atomic E-state index is -3.29. The zero-order valence-electron chi connectivity index (χ0n) is 18.1. The van der Waals surface area contributed by atoms with Crippen molar-refractivity contribution in [3.63, 3.8) is 0 Å². The van der Waals surface area contributed by atoms with E-state index in [0.717, 1.165) is 23.1 Å². The molecule has 3 N–H and O–H groups in total. The van der Waals surface area contributed by atoms with Gasteiger partial charge in [0.05, 0.1) is 6.26 Å². The largest absolute Gasteiger partial charge is 0.488 e. The molecule has 0 unspecified atom stereocenters. The van der Waals surface area contributed by atoms with E-state index in [1.165, 1.54) is 0 Å². The molecule has 0 radical (unpaired) electrons. The predicted octanol–water partition coefficient (Wildman–Crippen LogP) is 2.78. The van der Waals surface area contributed by atoms with Crippen molar-refractivity contribution in [1.82, 2.24) is 15.4 Å². The molecule has 0 bridgehead atoms. The van der Waals surface area contributed by atoms with Crippen molar-refractivity contribution in [2.24, 2.45) is 4.99 Å². The molecule has 0 fully saturated rings. The van der Waals surface area contributed by atoms with Gasteiger partial charge in [-0.15, -0.1) is 24.0 Å². The maximum atomic E-state index is 11.5. The van der Waals surface area contributed by atoms with Crippen molar-refractivity contribution in [2.75, 3.05) is 19.8 Å². The predicted molar refractivity (Wildman–Crippen MR) is 127 cm³/mol. The molecule has 0 aliphatic heterocycles. The van der Waals surface area contributed by atoms with E-state index in [2.05, 4.69) is 20.3 Å². The number of halogens is 1. The third-order valence-corrected chi connectivity index (χ3v) is 4.39. The smallest absolute Gasteiger partial charge is 0.209 e. The fourth-order valence-corrected chi connectivity index (χ4v) is 3.55. The van der Waals surface area contributed by atoms with E-state index in [9.17, 15) is 8.42 Å². The summed E-state index contributed by atoms with van der Waals surface area (Å²) in [4.78, 5) is 4.20. The van der Waals surface area contributed by atoms with Crippen molar-refractivity contribution in [3.05, 3.63) is 29.3 Å². The van der Waals surface area contributed by atoms with Gasteiger partial charge in [-0.25, -0.2) is 13.1 Å². The summed E-state index contributed by atoms with van der Waals surface area (Å²) in [6, 6.07) is 6.10. The van der Waals surface area contributed by atoms with E-state index >= 15 is 0 Å². The van der Waals surface area contributed by atoms with Gasteiger partial charge in [-0.05, 0) is 53.2 Å². The minimum absolute atomic E-state index is 0. The van der Waals surface area contributed by atoms with E-state index in [4.69, 9.17) is 4.74 Å². The van der Waals surface area contributed by atoms with Crippen molar-refractivity contribution < 1.29 is 13.2 Å². The Balaban J connectivity index is 0.00000729. The van der Waals surface area contributed by atoms with Gasteiger partial charge in [-0.1, -0.05) is 12.1 Å². The van der Waals surface area contributed by atoms with Crippen LogP contribution in [0.25, 0.3) is 0 Å². The topological polar surface area (TPSA) is 91.8 Å². The Kier molecular flexibility index (Phi) is 10.2. The van der Waals surface area contributed by atoms with Crippen LogP contribution < -0.4 is 20.1 Å². The van der Waals surface area contributed by atoms with Gasteiger partial charge in [-0.3, -0.25) is 4.99 Å². The summed E-state index contributed by atoms with van der Waals surface area (Å²) in [6.07, 6.45) is 1.15. The monoisotopic (exact) mass is 526 g/mol. The van der Waals surface area contributed by atoms with Gasteiger partial charge in [0.1, 0.15) is 11.4 Å². The number of hydrogen-bond donors (Lipinski definition) is 3. The number of hydrogen-bond acceptors (Lipinski definition) is 4. The van der Waals surface area contributed by atoms with Gasteiger partial charge in [0.25, 0.3) is 0 Å². The summed E-state index contributed by atoms with van der Waals surface area (Å²) in [5.41, 5.74) is 1.22. The fraction of sp³-hybridized carbons (Fsp3) is 0.632. The van der Waals surface area contributed by atoms with Crippen LogP contribution in [0.3, 0.4) is 0 Å². The summed E-state index contributed by atoms with van der Waals surface area (Å²) < 4.78 is 31.6. The Morgan fingerprint density at radius 2 is 1.75 bits per heavy atom. The highest BCUT2D eigenvalue weighted by Crippen LogP contribution is 2.24. The highest BCUT2D eigenvalue weighted by Gasteiger charge is 2.22. The minimum Gasteiger partial charge on any atom is -0.488 e. The van der Waals surface area contributed by atoms with E-state index < -0.39 is 15.6 Å². The van der Waals surface area contributed by atoms with Crippen molar-refractivity contribution in [3.8, 4) is 5.75 Å². The van der Waals surface area contributed by atoms with Crippen LogP contribution in [0.5, 0.6) is 5.75 Å². The van der Waals surface area contributed by atoms with Crippen LogP contribution in [0.1, 0.15) is 45.7 Å². The number of aryl methyl sites for hydroxylation is 1. The van der Waals surface area contributed by atoms with Crippen LogP contribution in [-0.4, -0.2) is 45.4 Å². The molecule has 0 aliphatic carbocycles. The standard InChI is InChI=1S/C19H34N4O3S.HI/c1-14-9-10-15(16(11-14)26-18(2,3)4)12-21-17(20-7)22-13-19(5,6)23-27(8,24)25;/h9-11,23H,12-13H2,1-8H3,(H2,20,21,22);1H. The molecule has 0 aliphatic rings. The molecule has 0 spiro atoms. The van der Waals surface area contributed by atoms with E-state index in [-0.39, 0.29) is 29.6 Å². The Bertz CT molecular complexity index is 772. The molecule has 0 heterocycles. The molecule has 1 aromatic rings. The average molecular weight is 526 g/mol. The molecule has 7 nitrogen and oxygen atoms in total. The van der Waals surface area contributed by atoms with Gasteiger partial charge in [0.2, 0.25) is 10.0 Å². The highest BCUT2D eigenvalue weighted by atomic mass is 127. The highest BCUT2D eigenvalue weighted by molar-refractivity contribution is 14.0. The lowest BCUT2D eigenvalue weighted by Crippen LogP contribution is -2.52. The molecule has 0 atom stereocenters. The normalized spacial score (nSPS) is 12.9. The maximum Gasteiger partial charge on any atom is 0.209 e. The zero-order chi connectivity index (χ0) is 20.9. The summed E-state index contributed by atoms with van der Waals surface area (Å²) >= 11 is 0. The summed E-state index contributed by atoms with van der Waals surface area (Å²) in [5, 5.41) is 6.40. The van der Waals surface area contributed by atoms with Crippen LogP contribution in [0.2, 0.25) is 0 Å². The van der Waals surface area contributed by atoms with Gasteiger partial charge in [0.15, 0.2) is 5.96 Å². The second-order valence-corrected chi connectivity index (χ2v) is 10.1. The molecule has 0 amide bonds. The summed E-state index contributed by atoms with van der Waals surface area (Å²) in [6.45, 7) is 12.6. The molecule has 0 saturated carbocycles. The fourth-order valence-electron chi connectivity index (χ4n) is 2.47. The third-order valence-electron chi connectivity index (χ3n) is 3.47. The lowest BCUT2D eigenvalue weighted by Gasteiger charge is -2.27. The molecular formula is C19H35IN4O3S. The van der Waals surface area contributed by atoms with E-state index in [1.807, 2.05) is 59.7 Å². The number of rotatable bonds is 7. The SMILES string of the molecule is CN=C(NCc1ccc(C)cc1OC(C)(C)C)NCC(C)(C)NS(C)(=O)=O.I. The maximum absolute atomic E-state index is 11.5. The van der Waals surface area contributed by atoms with Crippen LogP contribution in [0.4, 0.5) is 0 Å². The van der Waals surface area contributed by atoms with Crippen LogP contribution >= 0.6 is 24.0 Å². The van der Waals surface area contributed by atoms with E-state index in [0.29, 0.717) is 19.0 Å². The second-order valence-electron chi connectivity index (χ2n) is 8.36. The number of guanidine groups is 1. The van der Waals surface area contributed by atoms with Gasteiger partial charge in [0, 0.05) is 31.2 Å². The van der Waals surface area contributed by atoms with Crippen molar-refractivity contribution in [1.29, 1.82) is 0 Å². The lowest BCUT2D eigenvalue weighted by atomic mass is 10.1. The van der Waals surface area contributed by atoms with Crippen LogP contribution in [0.15, 0.2) is 23.2 Å². The number of benzene rings is 1. The van der Waals surface area contributed by atoms with Gasteiger partial charge in [-0.2, -0.15) is 0 Å². The van der Waals surface area contributed by atoms with Gasteiger partial charge < -0.3 is 15.4 Å². The molecule has 9 heteroatoms. The quantitative estimate of drug-likeness (QED) is 0.289. The van der Waals surface area contributed by atoms with Crippen molar-refractivity contribution >= 4 is 40.0 Å². The third kappa shape index (κ3) is 11.1. The first-order valence-corrected chi connectivity index (χ1v) is 10.8. The number of ether oxygens (including phenoxy) is 1. The van der Waals surface area contributed by atoms with Crippen LogP contribution in [0, 0.1) is 6.92 Å². The van der Waals surface area contributed by atoms with Crippen molar-refractivity contribution in [2.45, 2.75) is 59.2 Å². The summed E-state index contributed by atoms with van der Waals surface area (Å²) in [5.74, 6) is 1.42. The zero-order valence-corrected chi connectivity index (χ0v) is 21.3. The second kappa shape index (κ2) is 10.6. The first-order valence-electron chi connectivity index (χ1n) is 8.93. The Labute approximate surface area is 187 Å². The number of sulfonamides is 1. The van der Waals surface area contributed by atoms with Gasteiger partial charge >= 0.3 is 0 Å². The molecule has 1 rings (SSSR count). The Morgan fingerprint density at radius 3 is 2.25 bits per heavy atom. The molecule has 0 saturated heterocycles. The number of aliphatic imine (C=N–C) groups is 1. The first kappa shape index (κ1) is 26.9. The first-order chi connectivity index (χ1) is 12.2. The number of nitrogens with one attached hydrogen (secondary N) is 3. The lowest BCUT2D eigenvalue weighted by molar-refractivity contribution is 0.129. The molecule has 162 valence electrons. The summed E-state index contributed by atoms with van der Waals surface area (Å²) in [7, 11) is -1.61. The Hall–Kier alpha value is -1.07. The molecular weight excluding hydrogens is 491 g/mol. The van der Waals surface area contributed by atoms with Crippen LogP contribution in [-0.2, 0) is 16.6 Å².